The third-order valence-corrected chi connectivity index (χ3v) is 5.37. The molecule has 0 unspecified atom stereocenters. The van der Waals surface area contributed by atoms with Crippen molar-refractivity contribution in [2.75, 3.05) is 23.0 Å². The molecular formula is C26H24N2O4. The molecule has 0 aromatic heterocycles. The topological polar surface area (TPSA) is 66.9 Å². The van der Waals surface area contributed by atoms with Crippen LogP contribution in [0, 0.1) is 0 Å². The normalized spacial score (nSPS) is 13.1. The highest BCUT2D eigenvalue weighted by atomic mass is 16.5. The monoisotopic (exact) mass is 428 g/mol. The molecule has 0 spiro atoms. The van der Waals surface area contributed by atoms with Gasteiger partial charge in [-0.25, -0.2) is 4.79 Å². The minimum atomic E-state index is -0.578. The Kier molecular flexibility index (Phi) is 6.60. The average Bonchev–Trinajstić information content (AvgIpc) is 3.28. The fourth-order valence-corrected chi connectivity index (χ4v) is 3.68. The minimum absolute atomic E-state index is 0.0883. The number of ether oxygens (including phenoxy) is 1. The van der Waals surface area contributed by atoms with Gasteiger partial charge in [0.2, 0.25) is 5.91 Å². The average molecular weight is 428 g/mol. The summed E-state index contributed by atoms with van der Waals surface area (Å²) in [6.45, 7) is 0.695. The van der Waals surface area contributed by atoms with E-state index in [1.807, 2.05) is 60.7 Å². The van der Waals surface area contributed by atoms with Crippen molar-refractivity contribution < 1.29 is 19.1 Å². The lowest BCUT2D eigenvalue weighted by Gasteiger charge is -2.23. The number of carbonyl (C=O) groups is 3. The maximum atomic E-state index is 13.0. The Morgan fingerprint density at radius 2 is 1.53 bits per heavy atom. The third-order valence-electron chi connectivity index (χ3n) is 5.37. The van der Waals surface area contributed by atoms with Crippen LogP contribution in [0.3, 0.4) is 0 Å². The molecular weight excluding hydrogens is 404 g/mol. The molecule has 4 rings (SSSR count). The second-order valence-electron chi connectivity index (χ2n) is 7.57. The van der Waals surface area contributed by atoms with Gasteiger partial charge in [0.05, 0.1) is 12.1 Å². The maximum Gasteiger partial charge on any atom is 0.338 e. The summed E-state index contributed by atoms with van der Waals surface area (Å²) in [7, 11) is 0. The first-order chi connectivity index (χ1) is 15.6. The van der Waals surface area contributed by atoms with Crippen molar-refractivity contribution in [2.45, 2.75) is 19.4 Å². The van der Waals surface area contributed by atoms with Crippen LogP contribution in [0.25, 0.3) is 0 Å². The van der Waals surface area contributed by atoms with E-state index in [0.29, 0.717) is 25.1 Å². The summed E-state index contributed by atoms with van der Waals surface area (Å²) in [4.78, 5) is 40.6. The van der Waals surface area contributed by atoms with Crippen molar-refractivity contribution in [3.63, 3.8) is 0 Å². The molecule has 0 radical (unpaired) electrons. The van der Waals surface area contributed by atoms with E-state index in [1.54, 1.807) is 34.1 Å². The number of nitrogens with zero attached hydrogens (tertiary/aromatic N) is 2. The number of hydrogen-bond donors (Lipinski definition) is 0. The van der Waals surface area contributed by atoms with E-state index in [2.05, 4.69) is 0 Å². The smallest absolute Gasteiger partial charge is 0.338 e. The Morgan fingerprint density at radius 1 is 0.875 bits per heavy atom. The Hall–Kier alpha value is -3.93. The zero-order chi connectivity index (χ0) is 22.3. The Balaban J connectivity index is 1.41. The van der Waals surface area contributed by atoms with Gasteiger partial charge in [-0.15, -0.1) is 0 Å². The molecule has 3 aromatic rings. The summed E-state index contributed by atoms with van der Waals surface area (Å²) in [6.07, 6.45) is 1.39. The van der Waals surface area contributed by atoms with Crippen LogP contribution in [0.4, 0.5) is 11.4 Å². The number of para-hydroxylation sites is 1. The van der Waals surface area contributed by atoms with E-state index in [0.717, 1.165) is 23.4 Å². The number of hydrogen-bond acceptors (Lipinski definition) is 4. The summed E-state index contributed by atoms with van der Waals surface area (Å²) in [5.74, 6) is -0.802. The van der Waals surface area contributed by atoms with Gasteiger partial charge in [-0.05, 0) is 48.4 Å². The highest BCUT2D eigenvalue weighted by Gasteiger charge is 2.22. The van der Waals surface area contributed by atoms with Crippen molar-refractivity contribution in [1.29, 1.82) is 0 Å². The highest BCUT2D eigenvalue weighted by Crippen LogP contribution is 2.22. The molecule has 2 amide bonds. The molecule has 1 saturated heterocycles. The Bertz CT molecular complexity index is 1080. The second kappa shape index (κ2) is 9.92. The van der Waals surface area contributed by atoms with Gasteiger partial charge >= 0.3 is 5.97 Å². The van der Waals surface area contributed by atoms with E-state index in [4.69, 9.17) is 4.74 Å². The number of esters is 1. The standard InChI is InChI=1S/C26H24N2O4/c29-24-12-7-17-27(24)23-15-13-21(14-16-23)26(31)32-19-25(30)28(22-10-5-2-6-11-22)18-20-8-3-1-4-9-20/h1-6,8-11,13-16H,7,12,17-19H2. The summed E-state index contributed by atoms with van der Waals surface area (Å²) < 4.78 is 5.31. The van der Waals surface area contributed by atoms with Crippen molar-refractivity contribution in [1.82, 2.24) is 0 Å². The van der Waals surface area contributed by atoms with Gasteiger partial charge in [0.25, 0.3) is 5.91 Å². The number of anilines is 2. The van der Waals surface area contributed by atoms with E-state index >= 15 is 0 Å². The molecule has 0 N–H and O–H groups in total. The van der Waals surface area contributed by atoms with Crippen LogP contribution < -0.4 is 9.80 Å². The van der Waals surface area contributed by atoms with Crippen LogP contribution in [0.5, 0.6) is 0 Å². The van der Waals surface area contributed by atoms with Crippen molar-refractivity contribution >= 4 is 29.2 Å². The fourth-order valence-electron chi connectivity index (χ4n) is 3.68. The van der Waals surface area contributed by atoms with Crippen molar-refractivity contribution in [2.24, 2.45) is 0 Å². The second-order valence-corrected chi connectivity index (χ2v) is 7.57. The quantitative estimate of drug-likeness (QED) is 0.529. The van der Waals surface area contributed by atoms with Gasteiger partial charge in [0.1, 0.15) is 0 Å². The predicted molar refractivity (Wildman–Crippen MR) is 122 cm³/mol. The van der Waals surface area contributed by atoms with Crippen LogP contribution in [-0.4, -0.2) is 30.9 Å². The molecule has 1 fully saturated rings. The Labute approximate surface area is 187 Å². The van der Waals surface area contributed by atoms with Crippen LogP contribution >= 0.6 is 0 Å². The molecule has 3 aromatic carbocycles. The Morgan fingerprint density at radius 3 is 2.16 bits per heavy atom. The molecule has 32 heavy (non-hydrogen) atoms. The lowest BCUT2D eigenvalue weighted by atomic mass is 10.2. The third kappa shape index (κ3) is 5.03. The van der Waals surface area contributed by atoms with Gasteiger partial charge in [-0.1, -0.05) is 48.5 Å². The van der Waals surface area contributed by atoms with Gasteiger partial charge in [-0.3, -0.25) is 9.59 Å². The maximum absolute atomic E-state index is 13.0. The lowest BCUT2D eigenvalue weighted by Crippen LogP contribution is -2.34. The van der Waals surface area contributed by atoms with Gasteiger partial charge in [0.15, 0.2) is 6.61 Å². The first-order valence-electron chi connectivity index (χ1n) is 10.6. The highest BCUT2D eigenvalue weighted by molar-refractivity contribution is 5.98. The molecule has 1 heterocycles. The first-order valence-corrected chi connectivity index (χ1v) is 10.6. The number of amides is 2. The number of carbonyl (C=O) groups excluding carboxylic acids is 3. The van der Waals surface area contributed by atoms with Gasteiger partial charge < -0.3 is 14.5 Å². The lowest BCUT2D eigenvalue weighted by molar-refractivity contribution is -0.121. The van der Waals surface area contributed by atoms with Crippen molar-refractivity contribution in [3.05, 3.63) is 96.1 Å². The molecule has 1 aliphatic rings. The summed E-state index contributed by atoms with van der Waals surface area (Å²) in [5, 5.41) is 0. The summed E-state index contributed by atoms with van der Waals surface area (Å²) >= 11 is 0. The molecule has 6 heteroatoms. The zero-order valence-corrected chi connectivity index (χ0v) is 17.6. The van der Waals surface area contributed by atoms with E-state index in [9.17, 15) is 14.4 Å². The SMILES string of the molecule is O=C(OCC(=O)N(Cc1ccccc1)c1ccccc1)c1ccc(N2CCCC2=O)cc1. The molecule has 6 nitrogen and oxygen atoms in total. The molecule has 0 atom stereocenters. The van der Waals surface area contributed by atoms with E-state index in [-0.39, 0.29) is 18.4 Å². The molecule has 162 valence electrons. The van der Waals surface area contributed by atoms with Crippen molar-refractivity contribution in [3.8, 4) is 0 Å². The van der Waals surface area contributed by atoms with Gasteiger partial charge in [-0.2, -0.15) is 0 Å². The van der Waals surface area contributed by atoms with Gasteiger partial charge in [0, 0.05) is 24.3 Å². The van der Waals surface area contributed by atoms with Crippen LogP contribution in [0.2, 0.25) is 0 Å². The fraction of sp³-hybridized carbons (Fsp3) is 0.192. The summed E-state index contributed by atoms with van der Waals surface area (Å²) in [5.41, 5.74) is 2.81. The first kappa shape index (κ1) is 21.3. The van der Waals surface area contributed by atoms with E-state index < -0.39 is 5.97 Å². The van der Waals surface area contributed by atoms with Crippen LogP contribution in [-0.2, 0) is 20.9 Å². The molecule has 0 saturated carbocycles. The molecule has 0 bridgehead atoms. The zero-order valence-electron chi connectivity index (χ0n) is 17.6. The number of benzene rings is 3. The summed E-state index contributed by atoms with van der Waals surface area (Å²) in [6, 6.07) is 25.6. The predicted octanol–water partition coefficient (Wildman–Crippen LogP) is 4.20. The van der Waals surface area contributed by atoms with E-state index in [1.165, 1.54) is 0 Å². The molecule has 0 aliphatic carbocycles. The minimum Gasteiger partial charge on any atom is -0.452 e. The largest absolute Gasteiger partial charge is 0.452 e. The van der Waals surface area contributed by atoms with Crippen LogP contribution in [0.1, 0.15) is 28.8 Å². The molecule has 1 aliphatic heterocycles. The number of rotatable bonds is 7. The van der Waals surface area contributed by atoms with Crippen LogP contribution in [0.15, 0.2) is 84.9 Å².